The Morgan fingerprint density at radius 1 is 1.07 bits per heavy atom. The van der Waals surface area contributed by atoms with E-state index < -0.39 is 0 Å². The zero-order valence-electron chi connectivity index (χ0n) is 17.2. The summed E-state index contributed by atoms with van der Waals surface area (Å²) in [7, 11) is 1.97. The summed E-state index contributed by atoms with van der Waals surface area (Å²) in [5.41, 5.74) is 3.98. The van der Waals surface area contributed by atoms with Crippen molar-refractivity contribution in [1.29, 1.82) is 0 Å². The van der Waals surface area contributed by atoms with Crippen LogP contribution in [-0.2, 0) is 20.0 Å². The summed E-state index contributed by atoms with van der Waals surface area (Å²) in [6, 6.07) is 6.71. The van der Waals surface area contributed by atoms with Crippen molar-refractivity contribution in [2.45, 2.75) is 40.2 Å². The predicted octanol–water partition coefficient (Wildman–Crippen LogP) is 2.77. The van der Waals surface area contributed by atoms with Crippen LogP contribution in [0.2, 0.25) is 0 Å². The summed E-state index contributed by atoms with van der Waals surface area (Å²) in [5, 5.41) is 15.2. The summed E-state index contributed by atoms with van der Waals surface area (Å²) in [6.45, 7) is 8.51. The highest BCUT2D eigenvalue weighted by Gasteiger charge is 2.05. The fourth-order valence-corrected chi connectivity index (χ4v) is 3.31. The zero-order valence-corrected chi connectivity index (χ0v) is 18.0. The van der Waals surface area contributed by atoms with Crippen LogP contribution in [0.1, 0.15) is 34.8 Å². The number of aryl methyl sites for hydroxylation is 3. The summed E-state index contributed by atoms with van der Waals surface area (Å²) in [4.78, 5) is 4.70. The van der Waals surface area contributed by atoms with Gasteiger partial charge in [-0.1, -0.05) is 29.3 Å². The fourth-order valence-electron chi connectivity index (χ4n) is 2.87. The molecule has 0 spiro atoms. The first-order valence-electron chi connectivity index (χ1n) is 9.42. The van der Waals surface area contributed by atoms with Crippen LogP contribution >= 0.6 is 11.8 Å². The third-order valence-corrected chi connectivity index (χ3v) is 5.06. The van der Waals surface area contributed by atoms with E-state index in [9.17, 15) is 0 Å². The molecule has 0 atom stereocenters. The van der Waals surface area contributed by atoms with Gasteiger partial charge in [0.1, 0.15) is 12.4 Å². The second-order valence-corrected chi connectivity index (χ2v) is 7.82. The van der Waals surface area contributed by atoms with Crippen LogP contribution in [0.25, 0.3) is 0 Å². The lowest BCUT2D eigenvalue weighted by Crippen LogP contribution is -2.39. The molecule has 0 aliphatic carbocycles. The molecule has 2 rings (SSSR count). The Bertz CT molecular complexity index is 733. The molecule has 7 heteroatoms. The molecular formula is C20H32N6S. The van der Waals surface area contributed by atoms with Crippen molar-refractivity contribution in [3.8, 4) is 0 Å². The quantitative estimate of drug-likeness (QED) is 0.393. The number of hydrogen-bond donors (Lipinski definition) is 2. The molecule has 0 aliphatic heterocycles. The van der Waals surface area contributed by atoms with Crippen LogP contribution in [0, 0.1) is 20.8 Å². The van der Waals surface area contributed by atoms with Gasteiger partial charge in [0.25, 0.3) is 0 Å². The number of nitrogens with one attached hydrogen (secondary N) is 2. The van der Waals surface area contributed by atoms with Crippen molar-refractivity contribution < 1.29 is 0 Å². The van der Waals surface area contributed by atoms with Gasteiger partial charge in [0.15, 0.2) is 11.8 Å². The molecule has 1 heterocycles. The predicted molar refractivity (Wildman–Crippen MR) is 116 cm³/mol. The van der Waals surface area contributed by atoms with E-state index in [1.54, 1.807) is 0 Å². The Kier molecular flexibility index (Phi) is 8.64. The minimum atomic E-state index is 0.513. The van der Waals surface area contributed by atoms with Crippen molar-refractivity contribution in [1.82, 2.24) is 25.4 Å². The lowest BCUT2D eigenvalue weighted by molar-refractivity contribution is 0.742. The van der Waals surface area contributed by atoms with Crippen molar-refractivity contribution >= 4 is 17.7 Å². The molecule has 0 aliphatic rings. The van der Waals surface area contributed by atoms with Gasteiger partial charge in [-0.3, -0.25) is 0 Å². The highest BCUT2D eigenvalue weighted by atomic mass is 32.2. The largest absolute Gasteiger partial charge is 0.356 e. The lowest BCUT2D eigenvalue weighted by atomic mass is 10.1. The molecule has 0 fully saturated rings. The lowest BCUT2D eigenvalue weighted by Gasteiger charge is -2.13. The summed E-state index contributed by atoms with van der Waals surface area (Å²) in [5.74, 6) is 3.75. The minimum Gasteiger partial charge on any atom is -0.356 e. The van der Waals surface area contributed by atoms with E-state index in [4.69, 9.17) is 4.99 Å². The number of aromatic nitrogens is 3. The zero-order chi connectivity index (χ0) is 19.6. The van der Waals surface area contributed by atoms with Crippen molar-refractivity contribution in [2.24, 2.45) is 12.0 Å². The Balaban J connectivity index is 1.94. The Morgan fingerprint density at radius 3 is 2.41 bits per heavy atom. The molecule has 0 saturated heterocycles. The van der Waals surface area contributed by atoms with Crippen LogP contribution in [0.4, 0.5) is 0 Å². The Labute approximate surface area is 167 Å². The van der Waals surface area contributed by atoms with Crippen LogP contribution in [0.15, 0.2) is 23.2 Å². The van der Waals surface area contributed by atoms with Crippen molar-refractivity contribution in [3.05, 3.63) is 46.5 Å². The molecule has 2 N–H and O–H groups in total. The molecule has 1 aromatic heterocycles. The number of hydrogen-bond acceptors (Lipinski definition) is 4. The van der Waals surface area contributed by atoms with Crippen LogP contribution in [0.5, 0.6) is 0 Å². The van der Waals surface area contributed by atoms with Gasteiger partial charge in [0, 0.05) is 20.1 Å². The van der Waals surface area contributed by atoms with Crippen molar-refractivity contribution in [2.75, 3.05) is 25.1 Å². The average Bonchev–Trinajstić information content (AvgIpc) is 2.94. The maximum absolute atomic E-state index is 4.70. The smallest absolute Gasteiger partial charge is 0.191 e. The topological polar surface area (TPSA) is 67.1 Å². The Morgan fingerprint density at radius 2 is 1.78 bits per heavy atom. The van der Waals surface area contributed by atoms with E-state index in [0.29, 0.717) is 6.54 Å². The number of guanidine groups is 1. The number of aliphatic imine (C=N–C) groups is 1. The van der Waals surface area contributed by atoms with E-state index in [1.165, 1.54) is 16.7 Å². The standard InChI is InChI=1S/C20H32N6S/c1-15-11-16(2)13-18(12-15)7-9-22-20(21-8-6-10-27-5)23-14-19-25-24-17(3)26(19)4/h11-13H,6-10,14H2,1-5H3,(H2,21,22,23). The van der Waals surface area contributed by atoms with Gasteiger partial charge < -0.3 is 15.2 Å². The third-order valence-electron chi connectivity index (χ3n) is 4.37. The summed E-state index contributed by atoms with van der Waals surface area (Å²) in [6.07, 6.45) is 4.21. The number of nitrogens with zero attached hydrogens (tertiary/aromatic N) is 4. The molecule has 148 valence electrons. The minimum absolute atomic E-state index is 0.513. The van der Waals surface area contributed by atoms with E-state index in [1.807, 2.05) is 30.3 Å². The van der Waals surface area contributed by atoms with Gasteiger partial charge in [-0.05, 0) is 51.2 Å². The van der Waals surface area contributed by atoms with Crippen LogP contribution < -0.4 is 10.6 Å². The molecule has 0 radical (unpaired) electrons. The first kappa shape index (κ1) is 21.3. The molecule has 0 amide bonds. The van der Waals surface area contributed by atoms with Crippen LogP contribution in [0.3, 0.4) is 0 Å². The fraction of sp³-hybridized carbons (Fsp3) is 0.550. The molecule has 0 unspecified atom stereocenters. The average molecular weight is 389 g/mol. The molecule has 2 aromatic rings. The molecule has 27 heavy (non-hydrogen) atoms. The van der Waals surface area contributed by atoms with Gasteiger partial charge >= 0.3 is 0 Å². The second-order valence-electron chi connectivity index (χ2n) is 6.83. The summed E-state index contributed by atoms with van der Waals surface area (Å²) >= 11 is 1.86. The van der Waals surface area contributed by atoms with Gasteiger partial charge in [0.2, 0.25) is 0 Å². The first-order chi connectivity index (χ1) is 13.0. The normalized spacial score (nSPS) is 11.7. The van der Waals surface area contributed by atoms with Gasteiger partial charge in [-0.2, -0.15) is 11.8 Å². The number of thioether (sulfide) groups is 1. The first-order valence-corrected chi connectivity index (χ1v) is 10.8. The highest BCUT2D eigenvalue weighted by molar-refractivity contribution is 7.98. The van der Waals surface area contributed by atoms with E-state index >= 15 is 0 Å². The second kappa shape index (κ2) is 11.0. The molecule has 0 bridgehead atoms. The maximum Gasteiger partial charge on any atom is 0.191 e. The number of rotatable bonds is 9. The van der Waals surface area contributed by atoms with Crippen LogP contribution in [-0.4, -0.2) is 45.8 Å². The monoisotopic (exact) mass is 388 g/mol. The number of benzene rings is 1. The van der Waals surface area contributed by atoms with Gasteiger partial charge in [-0.25, -0.2) is 4.99 Å². The molecule has 6 nitrogen and oxygen atoms in total. The summed E-state index contributed by atoms with van der Waals surface area (Å²) < 4.78 is 1.98. The third kappa shape index (κ3) is 7.25. The Hall–Kier alpha value is -2.02. The molecule has 0 saturated carbocycles. The van der Waals surface area contributed by atoms with Gasteiger partial charge in [-0.15, -0.1) is 10.2 Å². The van der Waals surface area contributed by atoms with E-state index in [2.05, 4.69) is 59.1 Å². The molecular weight excluding hydrogens is 356 g/mol. The molecule has 1 aromatic carbocycles. The van der Waals surface area contributed by atoms with E-state index in [-0.39, 0.29) is 0 Å². The van der Waals surface area contributed by atoms with Gasteiger partial charge in [0.05, 0.1) is 0 Å². The SMILES string of the molecule is CSCCCNC(=NCc1nnc(C)n1C)NCCc1cc(C)cc(C)c1. The maximum atomic E-state index is 4.70. The van der Waals surface area contributed by atoms with Crippen molar-refractivity contribution in [3.63, 3.8) is 0 Å². The van der Waals surface area contributed by atoms with E-state index in [0.717, 1.165) is 49.3 Å². The highest BCUT2D eigenvalue weighted by Crippen LogP contribution is 2.09.